The maximum Gasteiger partial charge on any atom is 0.124 e. The highest BCUT2D eigenvalue weighted by Crippen LogP contribution is 2.16. The fraction of sp³-hybridized carbons (Fsp3) is 0.0625. The van der Waals surface area contributed by atoms with E-state index < -0.39 is 0 Å². The van der Waals surface area contributed by atoms with Crippen molar-refractivity contribution < 1.29 is 0 Å². The van der Waals surface area contributed by atoms with Gasteiger partial charge in [0.2, 0.25) is 0 Å². The number of anilines is 1. The average molecular weight is 286 g/mol. The summed E-state index contributed by atoms with van der Waals surface area (Å²) in [5.41, 5.74) is 8.79. The molecule has 0 spiro atoms. The summed E-state index contributed by atoms with van der Waals surface area (Å²) in [5, 5.41) is 3.76. The van der Waals surface area contributed by atoms with Crippen molar-refractivity contribution >= 4 is 34.9 Å². The van der Waals surface area contributed by atoms with E-state index in [1.54, 1.807) is 18.2 Å². The van der Waals surface area contributed by atoms with Gasteiger partial charge in [-0.1, -0.05) is 29.8 Å². The molecule has 2 rings (SSSR count). The molecule has 0 fully saturated rings. The van der Waals surface area contributed by atoms with Gasteiger partial charge >= 0.3 is 0 Å². The molecule has 2 aromatic carbocycles. The summed E-state index contributed by atoms with van der Waals surface area (Å²) in [5.74, 6) is 0.449. The van der Waals surface area contributed by atoms with Crippen LogP contribution < -0.4 is 11.1 Å². The third-order valence-corrected chi connectivity index (χ3v) is 2.98. The highest BCUT2D eigenvalue weighted by molar-refractivity contribution is 6.30. The minimum Gasteiger partial charge on any atom is -0.388 e. The van der Waals surface area contributed by atoms with Crippen LogP contribution in [0.3, 0.4) is 0 Å². The molecule has 0 radical (unpaired) electrons. The van der Waals surface area contributed by atoms with Crippen LogP contribution in [0.15, 0.2) is 59.6 Å². The summed E-state index contributed by atoms with van der Waals surface area (Å²) < 4.78 is 0. The number of nitrogens with zero attached hydrogens (tertiary/aromatic N) is 1. The number of aliphatic imine (C=N–C) groups is 1. The van der Waals surface area contributed by atoms with Crippen LogP contribution in [0.1, 0.15) is 5.56 Å². The van der Waals surface area contributed by atoms with Gasteiger partial charge in [0.15, 0.2) is 0 Å². The van der Waals surface area contributed by atoms with Crippen molar-refractivity contribution in [2.24, 2.45) is 10.7 Å². The number of benzene rings is 2. The zero-order valence-electron chi connectivity index (χ0n) is 11.2. The van der Waals surface area contributed by atoms with Gasteiger partial charge in [0.1, 0.15) is 5.84 Å². The lowest BCUT2D eigenvalue weighted by Crippen LogP contribution is -2.06. The average Bonchev–Trinajstić information content (AvgIpc) is 2.48. The second kappa shape index (κ2) is 6.78. The molecular formula is C16H16ClN3. The molecule has 102 valence electrons. The van der Waals surface area contributed by atoms with E-state index in [9.17, 15) is 0 Å². The largest absolute Gasteiger partial charge is 0.388 e. The molecule has 3 nitrogen and oxygen atoms in total. The first-order valence-electron chi connectivity index (χ1n) is 6.23. The van der Waals surface area contributed by atoms with E-state index in [1.807, 2.05) is 49.5 Å². The quantitative estimate of drug-likeness (QED) is 0.657. The Morgan fingerprint density at radius 1 is 1.10 bits per heavy atom. The van der Waals surface area contributed by atoms with Gasteiger partial charge in [-0.2, -0.15) is 0 Å². The van der Waals surface area contributed by atoms with E-state index in [4.69, 9.17) is 17.3 Å². The molecule has 0 aromatic heterocycles. The van der Waals surface area contributed by atoms with Crippen molar-refractivity contribution in [3.63, 3.8) is 0 Å². The lowest BCUT2D eigenvalue weighted by Gasteiger charge is -1.99. The van der Waals surface area contributed by atoms with Crippen molar-refractivity contribution in [3.05, 3.63) is 65.2 Å². The molecule has 4 heteroatoms. The minimum absolute atomic E-state index is 0.449. The van der Waals surface area contributed by atoms with Crippen LogP contribution in [0.2, 0.25) is 5.02 Å². The maximum absolute atomic E-state index is 5.87. The lowest BCUT2D eigenvalue weighted by molar-refractivity contribution is 1.48. The fourth-order valence-electron chi connectivity index (χ4n) is 1.64. The molecule has 0 unspecified atom stereocenters. The van der Waals surface area contributed by atoms with Gasteiger partial charge in [-0.15, -0.1) is 0 Å². The Labute approximate surface area is 123 Å². The molecule has 0 heterocycles. The molecule has 20 heavy (non-hydrogen) atoms. The Hall–Kier alpha value is -2.26. The number of hydrogen-bond acceptors (Lipinski definition) is 2. The summed E-state index contributed by atoms with van der Waals surface area (Å²) in [6, 6.07) is 15.3. The van der Waals surface area contributed by atoms with Crippen LogP contribution in [0, 0.1) is 0 Å². The summed E-state index contributed by atoms with van der Waals surface area (Å²) in [6.45, 7) is 0. The zero-order valence-corrected chi connectivity index (χ0v) is 11.9. The van der Waals surface area contributed by atoms with Gasteiger partial charge in [0, 0.05) is 17.8 Å². The van der Waals surface area contributed by atoms with Crippen LogP contribution in [-0.2, 0) is 0 Å². The van der Waals surface area contributed by atoms with Gasteiger partial charge in [-0.05, 0) is 48.0 Å². The number of rotatable bonds is 4. The molecule has 0 aliphatic rings. The third-order valence-electron chi connectivity index (χ3n) is 2.73. The van der Waals surface area contributed by atoms with Crippen LogP contribution in [-0.4, -0.2) is 12.9 Å². The second-order valence-electron chi connectivity index (χ2n) is 4.22. The third kappa shape index (κ3) is 4.14. The van der Waals surface area contributed by atoms with E-state index in [1.165, 1.54) is 0 Å². The molecule has 0 amide bonds. The molecular weight excluding hydrogens is 270 g/mol. The predicted octanol–water partition coefficient (Wildman–Crippen LogP) is 4.08. The minimum atomic E-state index is 0.449. The van der Waals surface area contributed by atoms with E-state index in [-0.39, 0.29) is 0 Å². The van der Waals surface area contributed by atoms with E-state index >= 15 is 0 Å². The molecule has 0 aliphatic carbocycles. The highest BCUT2D eigenvalue weighted by atomic mass is 35.5. The normalized spacial score (nSPS) is 11.8. The molecule has 0 aliphatic heterocycles. The Balaban J connectivity index is 2.07. The lowest BCUT2D eigenvalue weighted by atomic mass is 10.2. The van der Waals surface area contributed by atoms with Gasteiger partial charge in [0.05, 0.1) is 5.69 Å². The zero-order chi connectivity index (χ0) is 14.4. The highest BCUT2D eigenvalue weighted by Gasteiger charge is 1.92. The first kappa shape index (κ1) is 14.2. The number of amidine groups is 1. The number of halogens is 1. The fourth-order valence-corrected chi connectivity index (χ4v) is 1.77. The summed E-state index contributed by atoms with van der Waals surface area (Å²) in [7, 11) is 1.89. The first-order valence-corrected chi connectivity index (χ1v) is 6.61. The molecule has 0 saturated heterocycles. The van der Waals surface area contributed by atoms with Crippen LogP contribution in [0.25, 0.3) is 6.08 Å². The van der Waals surface area contributed by atoms with Gasteiger partial charge < -0.3 is 11.1 Å². The van der Waals surface area contributed by atoms with Crippen LogP contribution in [0.5, 0.6) is 0 Å². The smallest absolute Gasteiger partial charge is 0.124 e. The molecule has 2 aromatic rings. The molecule has 0 atom stereocenters. The van der Waals surface area contributed by atoms with Crippen molar-refractivity contribution in [1.29, 1.82) is 0 Å². The summed E-state index contributed by atoms with van der Waals surface area (Å²) in [4.78, 5) is 4.29. The molecule has 0 saturated carbocycles. The monoisotopic (exact) mass is 285 g/mol. The number of hydrogen-bond donors (Lipinski definition) is 2. The Morgan fingerprint density at radius 3 is 2.35 bits per heavy atom. The number of nitrogens with one attached hydrogen (secondary N) is 1. The summed E-state index contributed by atoms with van der Waals surface area (Å²) in [6.07, 6.45) is 3.71. The Bertz CT molecular complexity index is 613. The standard InChI is InChI=1S/C16H16ClN3/c1-19-14-7-2-12(3-8-14)4-11-16(18)20-15-9-5-13(17)6-10-15/h2-11,19H,1H3,(H2,18,20)/b11-4+. The van der Waals surface area contributed by atoms with E-state index in [2.05, 4.69) is 10.3 Å². The maximum atomic E-state index is 5.87. The van der Waals surface area contributed by atoms with E-state index in [0.717, 1.165) is 16.9 Å². The van der Waals surface area contributed by atoms with E-state index in [0.29, 0.717) is 10.9 Å². The topological polar surface area (TPSA) is 50.4 Å². The van der Waals surface area contributed by atoms with Crippen molar-refractivity contribution in [2.45, 2.75) is 0 Å². The SMILES string of the molecule is CNc1ccc(/C=C/C(N)=Nc2ccc(Cl)cc2)cc1. The molecule has 0 bridgehead atoms. The van der Waals surface area contributed by atoms with Gasteiger partial charge in [-0.25, -0.2) is 4.99 Å². The molecule has 3 N–H and O–H groups in total. The second-order valence-corrected chi connectivity index (χ2v) is 4.65. The van der Waals surface area contributed by atoms with Crippen LogP contribution in [0.4, 0.5) is 11.4 Å². The summed E-state index contributed by atoms with van der Waals surface area (Å²) >= 11 is 5.82. The van der Waals surface area contributed by atoms with Crippen LogP contribution >= 0.6 is 11.6 Å². The van der Waals surface area contributed by atoms with Gasteiger partial charge in [0.25, 0.3) is 0 Å². The van der Waals surface area contributed by atoms with Crippen molar-refractivity contribution in [3.8, 4) is 0 Å². The van der Waals surface area contributed by atoms with Crippen molar-refractivity contribution in [1.82, 2.24) is 0 Å². The van der Waals surface area contributed by atoms with Crippen molar-refractivity contribution in [2.75, 3.05) is 12.4 Å². The van der Waals surface area contributed by atoms with Gasteiger partial charge in [-0.3, -0.25) is 0 Å². The Kier molecular flexibility index (Phi) is 4.80. The number of nitrogens with two attached hydrogens (primary N) is 1. The first-order chi connectivity index (χ1) is 9.67. The Morgan fingerprint density at radius 2 is 1.75 bits per heavy atom. The predicted molar refractivity (Wildman–Crippen MR) is 87.8 cm³/mol.